The van der Waals surface area contributed by atoms with Crippen molar-refractivity contribution in [2.24, 2.45) is 0 Å². The number of halogens is 1. The molecule has 1 aromatic heterocycles. The Morgan fingerprint density at radius 3 is 2.29 bits per heavy atom. The van der Waals surface area contributed by atoms with Crippen molar-refractivity contribution in [3.8, 4) is 5.69 Å². The van der Waals surface area contributed by atoms with Gasteiger partial charge in [0, 0.05) is 18.2 Å². The molecule has 0 aliphatic carbocycles. The van der Waals surface area contributed by atoms with Gasteiger partial charge in [-0.25, -0.2) is 0 Å². The van der Waals surface area contributed by atoms with Crippen molar-refractivity contribution in [1.29, 1.82) is 0 Å². The van der Waals surface area contributed by atoms with Crippen LogP contribution in [0, 0.1) is 0 Å². The fourth-order valence-corrected chi connectivity index (χ4v) is 2.60. The van der Waals surface area contributed by atoms with Gasteiger partial charge in [0.25, 0.3) is 0 Å². The van der Waals surface area contributed by atoms with Gasteiger partial charge in [-0.15, -0.1) is 16.7 Å². The molecule has 0 spiro atoms. The van der Waals surface area contributed by atoms with Crippen LogP contribution in [-0.4, -0.2) is 26.1 Å². The molecule has 106 valence electrons. The highest BCUT2D eigenvalue weighted by atomic mass is 35.5. The van der Waals surface area contributed by atoms with Crippen molar-refractivity contribution >= 4 is 11.6 Å². The molecule has 0 aliphatic heterocycles. The SMILES string of the molecule is ClCC(Cc1nnnn1-c1ccccc1)c1ccccc1. The molecular weight excluding hydrogens is 284 g/mol. The Morgan fingerprint density at radius 1 is 0.952 bits per heavy atom. The van der Waals surface area contributed by atoms with E-state index in [0.29, 0.717) is 12.3 Å². The normalized spacial score (nSPS) is 12.2. The standard InChI is InChI=1S/C16H15ClN4/c17-12-14(13-7-3-1-4-8-13)11-16-18-19-20-21(16)15-9-5-2-6-10-15/h1-10,14H,11-12H2. The summed E-state index contributed by atoms with van der Waals surface area (Å²) >= 11 is 6.14. The first-order chi connectivity index (χ1) is 10.4. The molecule has 1 heterocycles. The molecular formula is C16H15ClN4. The Kier molecular flexibility index (Phi) is 4.26. The average molecular weight is 299 g/mol. The summed E-state index contributed by atoms with van der Waals surface area (Å²) in [4.78, 5) is 0. The summed E-state index contributed by atoms with van der Waals surface area (Å²) in [6, 6.07) is 20.1. The highest BCUT2D eigenvalue weighted by molar-refractivity contribution is 6.18. The smallest absolute Gasteiger partial charge is 0.157 e. The topological polar surface area (TPSA) is 43.6 Å². The first-order valence-corrected chi connectivity index (χ1v) is 7.35. The lowest BCUT2D eigenvalue weighted by Gasteiger charge is -2.13. The van der Waals surface area contributed by atoms with Gasteiger partial charge in [-0.2, -0.15) is 4.68 Å². The molecule has 0 fully saturated rings. The van der Waals surface area contributed by atoms with Crippen molar-refractivity contribution in [2.75, 3.05) is 5.88 Å². The molecule has 0 saturated carbocycles. The Hall–Kier alpha value is -2.20. The fraction of sp³-hybridized carbons (Fsp3) is 0.188. The number of hydrogen-bond acceptors (Lipinski definition) is 3. The van der Waals surface area contributed by atoms with E-state index in [2.05, 4.69) is 27.7 Å². The second-order valence-electron chi connectivity index (χ2n) is 4.81. The third-order valence-electron chi connectivity index (χ3n) is 3.42. The molecule has 4 nitrogen and oxygen atoms in total. The van der Waals surface area contributed by atoms with Crippen LogP contribution < -0.4 is 0 Å². The van der Waals surface area contributed by atoms with Crippen LogP contribution in [-0.2, 0) is 6.42 Å². The highest BCUT2D eigenvalue weighted by Gasteiger charge is 2.16. The van der Waals surface area contributed by atoms with Crippen molar-refractivity contribution in [2.45, 2.75) is 12.3 Å². The molecule has 0 saturated heterocycles. The summed E-state index contributed by atoms with van der Waals surface area (Å²) < 4.78 is 1.77. The summed E-state index contributed by atoms with van der Waals surface area (Å²) in [6.45, 7) is 0. The average Bonchev–Trinajstić information content (AvgIpc) is 3.02. The Balaban J connectivity index is 1.87. The first kappa shape index (κ1) is 13.8. The zero-order chi connectivity index (χ0) is 14.5. The van der Waals surface area contributed by atoms with Gasteiger partial charge in [-0.1, -0.05) is 48.5 Å². The van der Waals surface area contributed by atoms with Crippen molar-refractivity contribution in [1.82, 2.24) is 20.2 Å². The maximum absolute atomic E-state index is 6.14. The lowest BCUT2D eigenvalue weighted by atomic mass is 9.97. The molecule has 21 heavy (non-hydrogen) atoms. The Labute approximate surface area is 128 Å². The molecule has 3 rings (SSSR count). The van der Waals surface area contributed by atoms with E-state index in [4.69, 9.17) is 11.6 Å². The predicted molar refractivity (Wildman–Crippen MR) is 82.8 cm³/mol. The van der Waals surface area contributed by atoms with E-state index in [9.17, 15) is 0 Å². The fourth-order valence-electron chi connectivity index (χ4n) is 2.31. The number of alkyl halides is 1. The second kappa shape index (κ2) is 6.50. The molecule has 0 N–H and O–H groups in total. The highest BCUT2D eigenvalue weighted by Crippen LogP contribution is 2.22. The van der Waals surface area contributed by atoms with Gasteiger partial charge in [0.15, 0.2) is 5.82 Å². The third kappa shape index (κ3) is 3.11. The summed E-state index contributed by atoms with van der Waals surface area (Å²) in [7, 11) is 0. The number of nitrogens with zero attached hydrogens (tertiary/aromatic N) is 4. The van der Waals surface area contributed by atoms with Gasteiger partial charge in [-0.05, 0) is 28.1 Å². The van der Waals surface area contributed by atoms with Gasteiger partial charge in [0.2, 0.25) is 0 Å². The number of para-hydroxylation sites is 1. The quantitative estimate of drug-likeness (QED) is 0.679. The molecule has 1 atom stereocenters. The minimum atomic E-state index is 0.196. The van der Waals surface area contributed by atoms with E-state index in [1.54, 1.807) is 4.68 Å². The van der Waals surface area contributed by atoms with Crippen LogP contribution in [0.15, 0.2) is 60.7 Å². The molecule has 0 aliphatic rings. The Morgan fingerprint density at radius 2 is 1.62 bits per heavy atom. The van der Waals surface area contributed by atoms with Crippen LogP contribution >= 0.6 is 11.6 Å². The number of rotatable bonds is 5. The second-order valence-corrected chi connectivity index (χ2v) is 5.12. The maximum atomic E-state index is 6.14. The van der Waals surface area contributed by atoms with Gasteiger partial charge < -0.3 is 0 Å². The van der Waals surface area contributed by atoms with Crippen molar-refractivity contribution < 1.29 is 0 Å². The van der Waals surface area contributed by atoms with Gasteiger partial charge >= 0.3 is 0 Å². The lowest BCUT2D eigenvalue weighted by Crippen LogP contribution is -2.10. The van der Waals surface area contributed by atoms with E-state index in [0.717, 1.165) is 11.5 Å². The van der Waals surface area contributed by atoms with Crippen LogP contribution in [0.1, 0.15) is 17.3 Å². The summed E-state index contributed by atoms with van der Waals surface area (Å²) in [5, 5.41) is 12.0. The first-order valence-electron chi connectivity index (χ1n) is 6.82. The van der Waals surface area contributed by atoms with E-state index in [1.807, 2.05) is 48.5 Å². The minimum absolute atomic E-state index is 0.196. The lowest BCUT2D eigenvalue weighted by molar-refractivity contribution is 0.689. The zero-order valence-electron chi connectivity index (χ0n) is 11.4. The monoisotopic (exact) mass is 298 g/mol. The largest absolute Gasteiger partial charge is 0.197 e. The van der Waals surface area contributed by atoms with E-state index < -0.39 is 0 Å². The maximum Gasteiger partial charge on any atom is 0.157 e. The minimum Gasteiger partial charge on any atom is -0.197 e. The van der Waals surface area contributed by atoms with Crippen LogP contribution in [0.25, 0.3) is 5.69 Å². The summed E-state index contributed by atoms with van der Waals surface area (Å²) in [5.41, 5.74) is 2.16. The zero-order valence-corrected chi connectivity index (χ0v) is 12.2. The molecule has 2 aromatic carbocycles. The van der Waals surface area contributed by atoms with Crippen LogP contribution in [0.3, 0.4) is 0 Å². The molecule has 5 heteroatoms. The molecule has 1 unspecified atom stereocenters. The molecule has 0 amide bonds. The summed E-state index contributed by atoms with van der Waals surface area (Å²) in [5.74, 6) is 1.54. The van der Waals surface area contributed by atoms with Crippen molar-refractivity contribution in [3.63, 3.8) is 0 Å². The number of aromatic nitrogens is 4. The number of hydrogen-bond donors (Lipinski definition) is 0. The van der Waals surface area contributed by atoms with Gasteiger partial charge in [0.1, 0.15) is 0 Å². The van der Waals surface area contributed by atoms with Gasteiger partial charge in [0.05, 0.1) is 5.69 Å². The van der Waals surface area contributed by atoms with Gasteiger partial charge in [-0.3, -0.25) is 0 Å². The molecule has 0 radical (unpaired) electrons. The van der Waals surface area contributed by atoms with Crippen molar-refractivity contribution in [3.05, 3.63) is 72.1 Å². The Bertz CT molecular complexity index is 682. The van der Waals surface area contributed by atoms with Crippen LogP contribution in [0.4, 0.5) is 0 Å². The third-order valence-corrected chi connectivity index (χ3v) is 3.79. The van der Waals surface area contributed by atoms with Crippen LogP contribution in [0.5, 0.6) is 0 Å². The van der Waals surface area contributed by atoms with Crippen LogP contribution in [0.2, 0.25) is 0 Å². The van der Waals surface area contributed by atoms with E-state index >= 15 is 0 Å². The van der Waals surface area contributed by atoms with E-state index in [1.165, 1.54) is 5.56 Å². The number of benzene rings is 2. The predicted octanol–water partition coefficient (Wildman–Crippen LogP) is 3.23. The number of tetrazole rings is 1. The van der Waals surface area contributed by atoms with E-state index in [-0.39, 0.29) is 5.92 Å². The summed E-state index contributed by atoms with van der Waals surface area (Å²) in [6.07, 6.45) is 0.704. The molecule has 3 aromatic rings. The molecule has 0 bridgehead atoms.